The number of nitrogens with one attached hydrogen (secondary N) is 2. The maximum atomic E-state index is 12.6. The minimum Gasteiger partial charge on any atom is -0.322 e. The van der Waals surface area contributed by atoms with Gasteiger partial charge in [0.1, 0.15) is 0 Å². The summed E-state index contributed by atoms with van der Waals surface area (Å²) in [5.74, 6) is -0.489. The van der Waals surface area contributed by atoms with E-state index in [0.717, 1.165) is 33.6 Å². The molecule has 3 aromatic rings. The Morgan fingerprint density at radius 1 is 0.571 bits per heavy atom. The first-order valence-corrected chi connectivity index (χ1v) is 9.19. The Labute approximate surface area is 165 Å². The molecule has 0 fully saturated rings. The SMILES string of the molecule is Cc1cc(C)cc(NC(=O)c2cccc(C(=O)Nc3cc(C)cc(C)c3)c2)c1. The van der Waals surface area contributed by atoms with E-state index < -0.39 is 0 Å². The summed E-state index contributed by atoms with van der Waals surface area (Å²) >= 11 is 0. The minimum absolute atomic E-state index is 0.244. The van der Waals surface area contributed by atoms with Crippen LogP contribution < -0.4 is 10.6 Å². The lowest BCUT2D eigenvalue weighted by atomic mass is 10.1. The second-order valence-electron chi connectivity index (χ2n) is 7.24. The fraction of sp³-hybridized carbons (Fsp3) is 0.167. The van der Waals surface area contributed by atoms with Gasteiger partial charge in [-0.25, -0.2) is 0 Å². The highest BCUT2D eigenvalue weighted by Crippen LogP contribution is 2.17. The smallest absolute Gasteiger partial charge is 0.255 e. The van der Waals surface area contributed by atoms with Crippen molar-refractivity contribution in [3.63, 3.8) is 0 Å². The van der Waals surface area contributed by atoms with Crippen molar-refractivity contribution in [2.24, 2.45) is 0 Å². The monoisotopic (exact) mass is 372 g/mol. The molecule has 0 atom stereocenters. The molecule has 0 saturated heterocycles. The quantitative estimate of drug-likeness (QED) is 0.642. The number of carbonyl (C=O) groups excluding carboxylic acids is 2. The van der Waals surface area contributed by atoms with Crippen molar-refractivity contribution >= 4 is 23.2 Å². The first-order valence-electron chi connectivity index (χ1n) is 9.19. The first-order chi connectivity index (χ1) is 13.3. The molecule has 28 heavy (non-hydrogen) atoms. The Morgan fingerprint density at radius 2 is 0.929 bits per heavy atom. The van der Waals surface area contributed by atoms with E-state index in [0.29, 0.717) is 11.1 Å². The number of carbonyl (C=O) groups is 2. The summed E-state index contributed by atoms with van der Waals surface area (Å²) in [4.78, 5) is 25.2. The molecule has 4 nitrogen and oxygen atoms in total. The number of aryl methyl sites for hydroxylation is 4. The van der Waals surface area contributed by atoms with Crippen molar-refractivity contribution < 1.29 is 9.59 Å². The summed E-state index contributed by atoms with van der Waals surface area (Å²) in [6, 6.07) is 18.5. The fourth-order valence-electron chi connectivity index (χ4n) is 3.30. The zero-order chi connectivity index (χ0) is 20.3. The van der Waals surface area contributed by atoms with E-state index in [1.807, 2.05) is 64.1 Å². The van der Waals surface area contributed by atoms with Gasteiger partial charge in [-0.2, -0.15) is 0 Å². The Morgan fingerprint density at radius 3 is 1.29 bits per heavy atom. The molecule has 3 aromatic carbocycles. The van der Waals surface area contributed by atoms with Crippen molar-refractivity contribution in [2.45, 2.75) is 27.7 Å². The highest BCUT2D eigenvalue weighted by Gasteiger charge is 2.12. The van der Waals surface area contributed by atoms with E-state index in [2.05, 4.69) is 10.6 Å². The predicted octanol–water partition coefficient (Wildman–Crippen LogP) is 5.42. The zero-order valence-electron chi connectivity index (χ0n) is 16.6. The standard InChI is InChI=1S/C24H24N2O2/c1-15-8-16(2)11-21(10-15)25-23(27)19-6-5-7-20(14-19)24(28)26-22-12-17(3)9-18(4)13-22/h5-14H,1-4H3,(H,25,27)(H,26,28). The lowest BCUT2D eigenvalue weighted by Gasteiger charge is -2.10. The van der Waals surface area contributed by atoms with Gasteiger partial charge in [-0.3, -0.25) is 9.59 Å². The normalized spacial score (nSPS) is 10.4. The van der Waals surface area contributed by atoms with Gasteiger partial charge in [-0.05, 0) is 92.4 Å². The number of rotatable bonds is 4. The van der Waals surface area contributed by atoms with Gasteiger partial charge >= 0.3 is 0 Å². The second-order valence-corrected chi connectivity index (χ2v) is 7.24. The molecule has 2 amide bonds. The Hall–Kier alpha value is -3.40. The van der Waals surface area contributed by atoms with Crippen molar-refractivity contribution in [2.75, 3.05) is 10.6 Å². The van der Waals surface area contributed by atoms with Gasteiger partial charge in [0, 0.05) is 22.5 Å². The van der Waals surface area contributed by atoms with E-state index >= 15 is 0 Å². The lowest BCUT2D eigenvalue weighted by Crippen LogP contribution is -2.15. The van der Waals surface area contributed by atoms with Gasteiger partial charge in [0.25, 0.3) is 11.8 Å². The maximum Gasteiger partial charge on any atom is 0.255 e. The lowest BCUT2D eigenvalue weighted by molar-refractivity contribution is 0.102. The zero-order valence-corrected chi connectivity index (χ0v) is 16.6. The molecule has 142 valence electrons. The Kier molecular flexibility index (Phi) is 5.59. The minimum atomic E-state index is -0.244. The molecule has 3 rings (SSSR count). The van der Waals surface area contributed by atoms with Crippen LogP contribution in [0.25, 0.3) is 0 Å². The van der Waals surface area contributed by atoms with Crippen LogP contribution in [0.15, 0.2) is 60.7 Å². The van der Waals surface area contributed by atoms with Crippen molar-refractivity contribution in [3.05, 3.63) is 94.0 Å². The van der Waals surface area contributed by atoms with Crippen LogP contribution in [0.5, 0.6) is 0 Å². The third-order valence-corrected chi connectivity index (χ3v) is 4.35. The van der Waals surface area contributed by atoms with Crippen molar-refractivity contribution in [1.29, 1.82) is 0 Å². The van der Waals surface area contributed by atoms with Crippen molar-refractivity contribution in [1.82, 2.24) is 0 Å². The molecular weight excluding hydrogens is 348 g/mol. The average Bonchev–Trinajstić information content (AvgIpc) is 2.60. The van der Waals surface area contributed by atoms with E-state index in [1.165, 1.54) is 0 Å². The Balaban J connectivity index is 1.77. The number of hydrogen-bond donors (Lipinski definition) is 2. The molecule has 0 bridgehead atoms. The molecule has 0 spiro atoms. The van der Waals surface area contributed by atoms with Gasteiger partial charge in [-0.15, -0.1) is 0 Å². The molecule has 0 unspecified atom stereocenters. The van der Waals surface area contributed by atoms with Crippen LogP contribution in [0.2, 0.25) is 0 Å². The van der Waals surface area contributed by atoms with Crippen LogP contribution in [-0.4, -0.2) is 11.8 Å². The summed E-state index contributed by atoms with van der Waals surface area (Å²) < 4.78 is 0. The molecule has 0 saturated carbocycles. The maximum absolute atomic E-state index is 12.6. The molecular formula is C24H24N2O2. The van der Waals surface area contributed by atoms with Crippen LogP contribution in [-0.2, 0) is 0 Å². The van der Waals surface area contributed by atoms with Gasteiger partial charge in [0.2, 0.25) is 0 Å². The molecule has 4 heteroatoms. The van der Waals surface area contributed by atoms with E-state index in [9.17, 15) is 9.59 Å². The van der Waals surface area contributed by atoms with Crippen LogP contribution >= 0.6 is 0 Å². The number of hydrogen-bond acceptors (Lipinski definition) is 2. The molecule has 0 heterocycles. The number of anilines is 2. The van der Waals surface area contributed by atoms with Crippen LogP contribution in [0.4, 0.5) is 11.4 Å². The van der Waals surface area contributed by atoms with Crippen LogP contribution in [0.3, 0.4) is 0 Å². The summed E-state index contributed by atoms with van der Waals surface area (Å²) in [6.45, 7) is 7.95. The third-order valence-electron chi connectivity index (χ3n) is 4.35. The van der Waals surface area contributed by atoms with Crippen LogP contribution in [0, 0.1) is 27.7 Å². The Bertz CT molecular complexity index is 933. The van der Waals surface area contributed by atoms with E-state index in [4.69, 9.17) is 0 Å². The average molecular weight is 372 g/mol. The molecule has 0 aliphatic rings. The number of amides is 2. The second kappa shape index (κ2) is 8.09. The van der Waals surface area contributed by atoms with Gasteiger partial charge in [0.05, 0.1) is 0 Å². The summed E-state index contributed by atoms with van der Waals surface area (Å²) in [6.07, 6.45) is 0. The predicted molar refractivity (Wildman–Crippen MR) is 114 cm³/mol. The van der Waals surface area contributed by atoms with Gasteiger partial charge in [0.15, 0.2) is 0 Å². The van der Waals surface area contributed by atoms with Crippen LogP contribution in [0.1, 0.15) is 43.0 Å². The summed E-state index contributed by atoms with van der Waals surface area (Å²) in [7, 11) is 0. The molecule has 0 radical (unpaired) electrons. The molecule has 2 N–H and O–H groups in total. The number of benzene rings is 3. The fourth-order valence-corrected chi connectivity index (χ4v) is 3.30. The summed E-state index contributed by atoms with van der Waals surface area (Å²) in [5, 5.41) is 5.80. The van der Waals surface area contributed by atoms with E-state index in [-0.39, 0.29) is 11.8 Å². The third kappa shape index (κ3) is 4.86. The summed E-state index contributed by atoms with van der Waals surface area (Å²) in [5.41, 5.74) is 6.68. The topological polar surface area (TPSA) is 58.2 Å². The highest BCUT2D eigenvalue weighted by molar-refractivity contribution is 6.08. The largest absolute Gasteiger partial charge is 0.322 e. The van der Waals surface area contributed by atoms with Gasteiger partial charge < -0.3 is 10.6 Å². The molecule has 0 aliphatic heterocycles. The van der Waals surface area contributed by atoms with Crippen molar-refractivity contribution in [3.8, 4) is 0 Å². The first kappa shape index (κ1) is 19.4. The highest BCUT2D eigenvalue weighted by atomic mass is 16.2. The van der Waals surface area contributed by atoms with Gasteiger partial charge in [-0.1, -0.05) is 18.2 Å². The molecule has 0 aromatic heterocycles. The molecule has 0 aliphatic carbocycles. The van der Waals surface area contributed by atoms with E-state index in [1.54, 1.807) is 24.3 Å².